The van der Waals surface area contributed by atoms with Gasteiger partial charge in [0.25, 0.3) is 0 Å². The van der Waals surface area contributed by atoms with E-state index in [0.29, 0.717) is 5.75 Å². The fraction of sp³-hybridized carbons (Fsp3) is 0.273. The number of rotatable bonds is 6. The molecular formula is C11H12O6. The molecule has 0 aliphatic rings. The van der Waals surface area contributed by atoms with Crippen LogP contribution < -0.4 is 9.47 Å². The van der Waals surface area contributed by atoms with Crippen LogP contribution in [0.5, 0.6) is 11.5 Å². The molecule has 6 nitrogen and oxygen atoms in total. The van der Waals surface area contributed by atoms with Crippen LogP contribution >= 0.6 is 0 Å². The number of ether oxygens (including phenoxy) is 2. The standard InChI is InChI=1S/C11H12O6/c1-16-9-6-7(11(14)15)2-3-8(9)17-5-4-10(12)13/h2-3,6H,4-5H2,1H3,(H,12,13)(H,14,15). The van der Waals surface area contributed by atoms with Gasteiger partial charge >= 0.3 is 11.9 Å². The summed E-state index contributed by atoms with van der Waals surface area (Å²) in [6.07, 6.45) is -0.135. The minimum atomic E-state index is -1.07. The first-order chi connectivity index (χ1) is 8.04. The van der Waals surface area contributed by atoms with E-state index in [-0.39, 0.29) is 24.3 Å². The quantitative estimate of drug-likeness (QED) is 0.777. The maximum Gasteiger partial charge on any atom is 0.335 e. The molecule has 92 valence electrons. The Balaban J connectivity index is 2.78. The van der Waals surface area contributed by atoms with E-state index >= 15 is 0 Å². The van der Waals surface area contributed by atoms with Gasteiger partial charge in [0.15, 0.2) is 11.5 Å². The fourth-order valence-corrected chi connectivity index (χ4v) is 1.17. The van der Waals surface area contributed by atoms with Gasteiger partial charge in [-0.2, -0.15) is 0 Å². The van der Waals surface area contributed by atoms with Crippen LogP contribution in [0.25, 0.3) is 0 Å². The highest BCUT2D eigenvalue weighted by atomic mass is 16.5. The van der Waals surface area contributed by atoms with Crippen molar-refractivity contribution in [2.75, 3.05) is 13.7 Å². The number of aromatic carboxylic acids is 1. The smallest absolute Gasteiger partial charge is 0.335 e. The Kier molecular flexibility index (Phi) is 4.33. The van der Waals surface area contributed by atoms with Gasteiger partial charge < -0.3 is 19.7 Å². The van der Waals surface area contributed by atoms with Crippen molar-refractivity contribution in [2.45, 2.75) is 6.42 Å². The van der Waals surface area contributed by atoms with Gasteiger partial charge in [0, 0.05) is 0 Å². The molecule has 1 aromatic rings. The summed E-state index contributed by atoms with van der Waals surface area (Å²) < 4.78 is 10.1. The van der Waals surface area contributed by atoms with Crippen molar-refractivity contribution in [3.05, 3.63) is 23.8 Å². The van der Waals surface area contributed by atoms with E-state index in [1.807, 2.05) is 0 Å². The second-order valence-electron chi connectivity index (χ2n) is 3.16. The molecule has 0 atom stereocenters. The molecule has 17 heavy (non-hydrogen) atoms. The van der Waals surface area contributed by atoms with Crippen LogP contribution in [0.1, 0.15) is 16.8 Å². The Morgan fingerprint density at radius 2 is 1.94 bits per heavy atom. The summed E-state index contributed by atoms with van der Waals surface area (Å²) >= 11 is 0. The normalized spacial score (nSPS) is 9.71. The van der Waals surface area contributed by atoms with Crippen molar-refractivity contribution < 1.29 is 29.3 Å². The summed E-state index contributed by atoms with van der Waals surface area (Å²) in [6.45, 7) is -0.00187. The largest absolute Gasteiger partial charge is 0.493 e. The number of carboxylic acid groups (broad SMARTS) is 2. The molecule has 0 amide bonds. The number of benzene rings is 1. The van der Waals surface area contributed by atoms with Crippen LogP contribution in [0.15, 0.2) is 18.2 Å². The number of aliphatic carboxylic acids is 1. The van der Waals surface area contributed by atoms with Crippen LogP contribution in [0.2, 0.25) is 0 Å². The molecule has 0 heterocycles. The highest BCUT2D eigenvalue weighted by molar-refractivity contribution is 5.88. The number of carboxylic acids is 2. The van der Waals surface area contributed by atoms with Gasteiger partial charge in [0.1, 0.15) is 0 Å². The minimum absolute atomic E-state index is 0.00187. The Hall–Kier alpha value is -2.24. The average molecular weight is 240 g/mol. The summed E-state index contributed by atoms with van der Waals surface area (Å²) in [4.78, 5) is 21.0. The number of hydrogen-bond acceptors (Lipinski definition) is 4. The van der Waals surface area contributed by atoms with Gasteiger partial charge in [0.05, 0.1) is 25.7 Å². The van der Waals surface area contributed by atoms with Crippen molar-refractivity contribution in [3.63, 3.8) is 0 Å². The predicted molar refractivity (Wildman–Crippen MR) is 57.7 cm³/mol. The third kappa shape index (κ3) is 3.67. The van der Waals surface area contributed by atoms with Crippen LogP contribution in [-0.2, 0) is 4.79 Å². The molecule has 0 aliphatic heterocycles. The van der Waals surface area contributed by atoms with E-state index in [1.165, 1.54) is 25.3 Å². The highest BCUT2D eigenvalue weighted by Gasteiger charge is 2.10. The monoisotopic (exact) mass is 240 g/mol. The summed E-state index contributed by atoms with van der Waals surface area (Å²) in [6, 6.07) is 4.11. The summed E-state index contributed by atoms with van der Waals surface area (Å²) in [7, 11) is 1.38. The topological polar surface area (TPSA) is 93.1 Å². The van der Waals surface area contributed by atoms with E-state index in [4.69, 9.17) is 19.7 Å². The van der Waals surface area contributed by atoms with Crippen LogP contribution in [0.3, 0.4) is 0 Å². The lowest BCUT2D eigenvalue weighted by Gasteiger charge is -2.10. The zero-order chi connectivity index (χ0) is 12.8. The molecule has 2 N–H and O–H groups in total. The molecule has 1 aromatic carbocycles. The van der Waals surface area contributed by atoms with Crippen LogP contribution in [0.4, 0.5) is 0 Å². The van der Waals surface area contributed by atoms with Crippen LogP contribution in [-0.4, -0.2) is 35.9 Å². The van der Waals surface area contributed by atoms with Gasteiger partial charge in [-0.3, -0.25) is 4.79 Å². The molecule has 0 fully saturated rings. The van der Waals surface area contributed by atoms with E-state index in [9.17, 15) is 9.59 Å². The molecule has 0 saturated carbocycles. The van der Waals surface area contributed by atoms with E-state index in [2.05, 4.69) is 0 Å². The Morgan fingerprint density at radius 3 is 2.47 bits per heavy atom. The third-order valence-corrected chi connectivity index (χ3v) is 1.98. The Morgan fingerprint density at radius 1 is 1.24 bits per heavy atom. The van der Waals surface area contributed by atoms with Gasteiger partial charge in [-0.05, 0) is 18.2 Å². The third-order valence-electron chi connectivity index (χ3n) is 1.98. The summed E-state index contributed by atoms with van der Waals surface area (Å²) in [5.74, 6) is -1.46. The molecule has 0 aromatic heterocycles. The first-order valence-corrected chi connectivity index (χ1v) is 4.80. The maximum atomic E-state index is 10.7. The van der Waals surface area contributed by atoms with Crippen molar-refractivity contribution in [1.82, 2.24) is 0 Å². The number of hydrogen-bond donors (Lipinski definition) is 2. The number of methoxy groups -OCH3 is 1. The molecular weight excluding hydrogens is 228 g/mol. The fourth-order valence-electron chi connectivity index (χ4n) is 1.17. The second-order valence-corrected chi connectivity index (χ2v) is 3.16. The second kappa shape index (κ2) is 5.74. The van der Waals surface area contributed by atoms with Crippen molar-refractivity contribution in [3.8, 4) is 11.5 Å². The first kappa shape index (κ1) is 12.8. The molecule has 0 unspecified atom stereocenters. The first-order valence-electron chi connectivity index (χ1n) is 4.80. The summed E-state index contributed by atoms with van der Waals surface area (Å²) in [5.41, 5.74) is 0.0763. The SMILES string of the molecule is COc1cc(C(=O)O)ccc1OCCC(=O)O. The van der Waals surface area contributed by atoms with Crippen molar-refractivity contribution >= 4 is 11.9 Å². The molecule has 6 heteroatoms. The lowest BCUT2D eigenvalue weighted by Crippen LogP contribution is -2.06. The van der Waals surface area contributed by atoms with Gasteiger partial charge in [-0.1, -0.05) is 0 Å². The van der Waals surface area contributed by atoms with Gasteiger partial charge in [-0.15, -0.1) is 0 Å². The minimum Gasteiger partial charge on any atom is -0.493 e. The Bertz CT molecular complexity index is 426. The van der Waals surface area contributed by atoms with E-state index in [1.54, 1.807) is 0 Å². The number of carbonyl (C=O) groups is 2. The Labute approximate surface area is 97.4 Å². The van der Waals surface area contributed by atoms with Crippen LogP contribution in [0, 0.1) is 0 Å². The zero-order valence-electron chi connectivity index (χ0n) is 9.17. The van der Waals surface area contributed by atoms with Crippen molar-refractivity contribution in [2.24, 2.45) is 0 Å². The molecule has 0 saturated heterocycles. The average Bonchev–Trinajstić information content (AvgIpc) is 2.28. The molecule has 1 rings (SSSR count). The highest BCUT2D eigenvalue weighted by Crippen LogP contribution is 2.28. The molecule has 0 aliphatic carbocycles. The van der Waals surface area contributed by atoms with E-state index < -0.39 is 11.9 Å². The van der Waals surface area contributed by atoms with E-state index in [0.717, 1.165) is 0 Å². The lowest BCUT2D eigenvalue weighted by atomic mass is 10.2. The van der Waals surface area contributed by atoms with Crippen molar-refractivity contribution in [1.29, 1.82) is 0 Å². The lowest BCUT2D eigenvalue weighted by molar-refractivity contribution is -0.137. The maximum absolute atomic E-state index is 10.7. The predicted octanol–water partition coefficient (Wildman–Crippen LogP) is 1.25. The summed E-state index contributed by atoms with van der Waals surface area (Å²) in [5, 5.41) is 17.2. The molecule has 0 spiro atoms. The van der Waals surface area contributed by atoms with Gasteiger partial charge in [-0.25, -0.2) is 4.79 Å². The molecule has 0 radical (unpaired) electrons. The van der Waals surface area contributed by atoms with Gasteiger partial charge in [0.2, 0.25) is 0 Å². The zero-order valence-corrected chi connectivity index (χ0v) is 9.17. The molecule has 0 bridgehead atoms.